The zero-order valence-electron chi connectivity index (χ0n) is 16.0. The lowest BCUT2D eigenvalue weighted by Gasteiger charge is -2.22. The summed E-state index contributed by atoms with van der Waals surface area (Å²) in [6.45, 7) is 0.912. The zero-order valence-corrected chi connectivity index (χ0v) is 16.8. The second kappa shape index (κ2) is 9.60. The van der Waals surface area contributed by atoms with Crippen molar-refractivity contribution < 1.29 is 23.9 Å². The van der Waals surface area contributed by atoms with Crippen LogP contribution in [0.2, 0.25) is 0 Å². The number of thioether (sulfide) groups is 1. The molecule has 0 spiro atoms. The molecule has 154 valence electrons. The van der Waals surface area contributed by atoms with E-state index in [2.05, 4.69) is 0 Å². The van der Waals surface area contributed by atoms with Gasteiger partial charge in [-0.3, -0.25) is 24.1 Å². The van der Waals surface area contributed by atoms with Crippen LogP contribution in [0, 0.1) is 0 Å². The van der Waals surface area contributed by atoms with Crippen molar-refractivity contribution in [3.63, 3.8) is 0 Å². The number of nitrogens with zero attached hydrogens (tertiary/aromatic N) is 2. The summed E-state index contributed by atoms with van der Waals surface area (Å²) in [5.41, 5.74) is 5.73. The first kappa shape index (κ1) is 20.9. The van der Waals surface area contributed by atoms with E-state index in [-0.39, 0.29) is 24.0 Å². The van der Waals surface area contributed by atoms with E-state index in [1.807, 2.05) is 0 Å². The second-order valence-corrected chi connectivity index (χ2v) is 7.88. The standard InChI is InChI=1S/C20H23N3O5S/c21-17(24)13-28-15-7-5-14(6-8-15)11-16-19(26)23(20(27)29-16)12-18(25)22-9-3-1-2-4-10-22/h5-8,11H,1-4,9-10,12-13H2,(H2,21,24). The summed E-state index contributed by atoms with van der Waals surface area (Å²) in [4.78, 5) is 51.2. The molecule has 0 aliphatic carbocycles. The Morgan fingerprint density at radius 2 is 1.72 bits per heavy atom. The number of imide groups is 1. The summed E-state index contributed by atoms with van der Waals surface area (Å²) in [5.74, 6) is -0.752. The lowest BCUT2D eigenvalue weighted by Crippen LogP contribution is -2.42. The molecule has 2 aliphatic rings. The van der Waals surface area contributed by atoms with Gasteiger partial charge >= 0.3 is 0 Å². The van der Waals surface area contributed by atoms with Gasteiger partial charge in [0.25, 0.3) is 17.1 Å². The minimum atomic E-state index is -0.572. The molecule has 2 heterocycles. The molecule has 2 saturated heterocycles. The Kier molecular flexibility index (Phi) is 6.92. The van der Waals surface area contributed by atoms with Gasteiger partial charge in [-0.2, -0.15) is 0 Å². The van der Waals surface area contributed by atoms with Gasteiger partial charge < -0.3 is 15.4 Å². The monoisotopic (exact) mass is 417 g/mol. The van der Waals surface area contributed by atoms with Crippen molar-refractivity contribution in [2.75, 3.05) is 26.2 Å². The SMILES string of the molecule is NC(=O)COc1ccc(C=C2SC(=O)N(CC(=O)N3CCCCCC3)C2=O)cc1. The summed E-state index contributed by atoms with van der Waals surface area (Å²) >= 11 is 0.823. The van der Waals surface area contributed by atoms with Crippen molar-refractivity contribution >= 4 is 40.8 Å². The average molecular weight is 417 g/mol. The molecule has 2 N–H and O–H groups in total. The number of benzene rings is 1. The highest BCUT2D eigenvalue weighted by molar-refractivity contribution is 8.18. The zero-order chi connectivity index (χ0) is 20.8. The summed E-state index contributed by atoms with van der Waals surface area (Å²) in [6.07, 6.45) is 5.69. The fourth-order valence-electron chi connectivity index (χ4n) is 3.16. The number of primary amides is 1. The smallest absolute Gasteiger partial charge is 0.294 e. The molecule has 0 radical (unpaired) electrons. The van der Waals surface area contributed by atoms with E-state index in [1.165, 1.54) is 0 Å². The molecular weight excluding hydrogens is 394 g/mol. The van der Waals surface area contributed by atoms with Crippen LogP contribution in [0.4, 0.5) is 4.79 Å². The van der Waals surface area contributed by atoms with E-state index < -0.39 is 17.1 Å². The minimum Gasteiger partial charge on any atom is -0.484 e. The van der Waals surface area contributed by atoms with Gasteiger partial charge in [-0.15, -0.1) is 0 Å². The number of hydrogen-bond donors (Lipinski definition) is 1. The first-order valence-corrected chi connectivity index (χ1v) is 10.3. The highest BCUT2D eigenvalue weighted by atomic mass is 32.2. The molecule has 0 saturated carbocycles. The van der Waals surface area contributed by atoms with Crippen LogP contribution in [0.15, 0.2) is 29.2 Å². The molecule has 4 amide bonds. The van der Waals surface area contributed by atoms with E-state index >= 15 is 0 Å². The van der Waals surface area contributed by atoms with Crippen molar-refractivity contribution in [3.8, 4) is 5.75 Å². The van der Waals surface area contributed by atoms with Gasteiger partial charge in [0.05, 0.1) is 4.91 Å². The molecule has 3 rings (SSSR count). The van der Waals surface area contributed by atoms with E-state index in [9.17, 15) is 19.2 Å². The van der Waals surface area contributed by atoms with Gasteiger partial charge in [-0.05, 0) is 48.4 Å². The van der Waals surface area contributed by atoms with Gasteiger partial charge in [-0.25, -0.2) is 0 Å². The summed E-state index contributed by atoms with van der Waals surface area (Å²) in [6, 6.07) is 6.68. The summed E-state index contributed by atoms with van der Waals surface area (Å²) in [7, 11) is 0. The maximum atomic E-state index is 12.6. The number of ether oxygens (including phenoxy) is 1. The van der Waals surface area contributed by atoms with E-state index in [1.54, 1.807) is 35.2 Å². The number of nitrogens with two attached hydrogens (primary N) is 1. The molecule has 1 aromatic carbocycles. The van der Waals surface area contributed by atoms with Gasteiger partial charge in [-0.1, -0.05) is 25.0 Å². The second-order valence-electron chi connectivity index (χ2n) is 6.89. The third-order valence-electron chi connectivity index (χ3n) is 4.68. The number of rotatable bonds is 6. The molecule has 9 heteroatoms. The number of carbonyl (C=O) groups is 4. The quantitative estimate of drug-likeness (QED) is 0.709. The Balaban J connectivity index is 1.63. The van der Waals surface area contributed by atoms with E-state index in [4.69, 9.17) is 10.5 Å². The number of hydrogen-bond acceptors (Lipinski definition) is 6. The van der Waals surface area contributed by atoms with Crippen LogP contribution in [0.25, 0.3) is 6.08 Å². The molecule has 0 bridgehead atoms. The Hall–Kier alpha value is -2.81. The van der Waals surface area contributed by atoms with Crippen molar-refractivity contribution in [3.05, 3.63) is 34.7 Å². The third kappa shape index (κ3) is 5.60. The van der Waals surface area contributed by atoms with Gasteiger partial charge in [0, 0.05) is 13.1 Å². The molecule has 1 aromatic rings. The first-order chi connectivity index (χ1) is 13.9. The molecule has 8 nitrogen and oxygen atoms in total. The Bertz CT molecular complexity index is 829. The minimum absolute atomic E-state index is 0.189. The predicted molar refractivity (Wildman–Crippen MR) is 109 cm³/mol. The molecule has 29 heavy (non-hydrogen) atoms. The largest absolute Gasteiger partial charge is 0.484 e. The van der Waals surface area contributed by atoms with Crippen molar-refractivity contribution in [2.45, 2.75) is 25.7 Å². The molecule has 0 unspecified atom stereocenters. The van der Waals surface area contributed by atoms with E-state index in [0.717, 1.165) is 42.3 Å². The van der Waals surface area contributed by atoms with Crippen LogP contribution in [0.5, 0.6) is 5.75 Å². The fourth-order valence-corrected chi connectivity index (χ4v) is 4.00. The van der Waals surface area contributed by atoms with Crippen molar-refractivity contribution in [2.24, 2.45) is 5.73 Å². The molecule has 2 fully saturated rings. The van der Waals surface area contributed by atoms with Crippen molar-refractivity contribution in [1.82, 2.24) is 9.80 Å². The number of carbonyl (C=O) groups excluding carboxylic acids is 4. The summed E-state index contributed by atoms with van der Waals surface area (Å²) in [5, 5.41) is -0.439. The maximum absolute atomic E-state index is 12.6. The molecule has 0 aromatic heterocycles. The van der Waals surface area contributed by atoms with Crippen LogP contribution in [0.3, 0.4) is 0 Å². The van der Waals surface area contributed by atoms with Crippen LogP contribution in [-0.2, 0) is 14.4 Å². The van der Waals surface area contributed by atoms with Gasteiger partial charge in [0.2, 0.25) is 5.91 Å². The van der Waals surface area contributed by atoms with Crippen LogP contribution in [-0.4, -0.2) is 59.0 Å². The average Bonchev–Trinajstić information content (AvgIpc) is 2.90. The number of likely N-dealkylation sites (tertiary alicyclic amines) is 1. The highest BCUT2D eigenvalue weighted by Crippen LogP contribution is 2.32. The van der Waals surface area contributed by atoms with E-state index in [0.29, 0.717) is 24.4 Å². The third-order valence-corrected chi connectivity index (χ3v) is 5.59. The molecule has 0 atom stereocenters. The predicted octanol–water partition coefficient (Wildman–Crippen LogP) is 1.99. The number of amides is 4. The molecular formula is C20H23N3O5S. The fraction of sp³-hybridized carbons (Fsp3) is 0.400. The lowest BCUT2D eigenvalue weighted by molar-refractivity contribution is -0.135. The Morgan fingerprint density at radius 3 is 2.34 bits per heavy atom. The normalized spacial score (nSPS) is 18.8. The highest BCUT2D eigenvalue weighted by Gasteiger charge is 2.37. The first-order valence-electron chi connectivity index (χ1n) is 9.48. The Labute approximate surface area is 173 Å². The van der Waals surface area contributed by atoms with Crippen LogP contribution < -0.4 is 10.5 Å². The van der Waals surface area contributed by atoms with Crippen molar-refractivity contribution in [1.29, 1.82) is 0 Å². The van der Waals surface area contributed by atoms with Crippen LogP contribution in [0.1, 0.15) is 31.2 Å². The topological polar surface area (TPSA) is 110 Å². The summed E-state index contributed by atoms with van der Waals surface area (Å²) < 4.78 is 5.19. The van der Waals surface area contributed by atoms with Gasteiger partial charge in [0.1, 0.15) is 12.3 Å². The Morgan fingerprint density at radius 1 is 1.07 bits per heavy atom. The molecule has 2 aliphatic heterocycles. The van der Waals surface area contributed by atoms with Gasteiger partial charge in [0.15, 0.2) is 6.61 Å². The lowest BCUT2D eigenvalue weighted by atomic mass is 10.2. The maximum Gasteiger partial charge on any atom is 0.294 e. The van der Waals surface area contributed by atoms with Crippen LogP contribution >= 0.6 is 11.8 Å².